The van der Waals surface area contributed by atoms with Crippen LogP contribution < -0.4 is 15.4 Å². The van der Waals surface area contributed by atoms with Crippen molar-refractivity contribution in [1.82, 2.24) is 10.2 Å². The van der Waals surface area contributed by atoms with Crippen molar-refractivity contribution in [2.24, 2.45) is 5.41 Å². The molecule has 2 saturated heterocycles. The molecule has 2 fully saturated rings. The second-order valence-electron chi connectivity index (χ2n) is 14.3. The number of ketones is 3. The van der Waals surface area contributed by atoms with E-state index in [1.165, 1.54) is 31.2 Å². The van der Waals surface area contributed by atoms with Crippen molar-refractivity contribution < 1.29 is 37.4 Å². The van der Waals surface area contributed by atoms with Gasteiger partial charge in [-0.3, -0.25) is 14.4 Å². The molecule has 2 aliphatic heterocycles. The van der Waals surface area contributed by atoms with Gasteiger partial charge < -0.3 is 25.0 Å². The van der Waals surface area contributed by atoms with Crippen LogP contribution in [0.3, 0.4) is 0 Å². The number of halogens is 2. The first kappa shape index (κ1) is 41.8. The van der Waals surface area contributed by atoms with Crippen LogP contribution in [0.25, 0.3) is 0 Å². The smallest absolute Gasteiger partial charge is 0.410 e. The number of nitrogens with one attached hydrogen (secondary N) is 2. The molecule has 2 heterocycles. The number of hydrogen-bond donors (Lipinski definition) is 2. The minimum atomic E-state index is -0.460. The number of nitrogens with zero attached hydrogens (tertiary/aromatic N) is 1. The molecule has 52 heavy (non-hydrogen) atoms. The van der Waals surface area contributed by atoms with Crippen molar-refractivity contribution in [2.75, 3.05) is 38.6 Å². The van der Waals surface area contributed by atoms with E-state index in [1.54, 1.807) is 24.1 Å². The van der Waals surface area contributed by atoms with Gasteiger partial charge in [-0.15, -0.1) is 0 Å². The molecule has 1 aliphatic carbocycles. The molecule has 1 spiro atoms. The first-order valence-electron chi connectivity index (χ1n) is 17.4. The number of Topliss-reactive ketones (excluding diaryl/α,β-unsaturated/α-hetero) is 3. The first-order chi connectivity index (χ1) is 24.2. The van der Waals surface area contributed by atoms with Crippen molar-refractivity contribution >= 4 is 29.1 Å². The van der Waals surface area contributed by atoms with E-state index < -0.39 is 11.4 Å². The van der Waals surface area contributed by atoms with Crippen LogP contribution in [-0.4, -0.2) is 67.2 Å². The van der Waals surface area contributed by atoms with Crippen molar-refractivity contribution in [3.8, 4) is 5.75 Å². The molecule has 3 aromatic carbocycles. The third-order valence-corrected chi connectivity index (χ3v) is 9.11. The van der Waals surface area contributed by atoms with Gasteiger partial charge in [0, 0.05) is 55.7 Å². The topological polar surface area (TPSA) is 114 Å². The zero-order chi connectivity index (χ0) is 37.2. The minimum Gasteiger partial charge on any atom is -0.497 e. The largest absolute Gasteiger partial charge is 0.497 e. The lowest BCUT2D eigenvalue weighted by Crippen LogP contribution is -2.42. The Balaban J connectivity index is 0.000000212. The summed E-state index contributed by atoms with van der Waals surface area (Å²) in [6.07, 6.45) is 4.22. The van der Waals surface area contributed by atoms with Gasteiger partial charge in [-0.25, -0.2) is 13.6 Å². The molecule has 0 aromatic heterocycles. The molecule has 0 atom stereocenters. The predicted octanol–water partition coefficient (Wildman–Crippen LogP) is 8.20. The summed E-state index contributed by atoms with van der Waals surface area (Å²) in [4.78, 5) is 47.7. The van der Waals surface area contributed by atoms with E-state index in [2.05, 4.69) is 10.6 Å². The molecule has 0 radical (unpaired) electrons. The molecule has 3 aliphatic rings. The van der Waals surface area contributed by atoms with Gasteiger partial charge >= 0.3 is 6.09 Å². The molecule has 0 unspecified atom stereocenters. The van der Waals surface area contributed by atoms with E-state index in [-0.39, 0.29) is 42.1 Å². The Morgan fingerprint density at radius 3 is 2.12 bits per heavy atom. The van der Waals surface area contributed by atoms with Crippen molar-refractivity contribution in [2.45, 2.75) is 85.8 Å². The van der Waals surface area contributed by atoms with Crippen LogP contribution in [0.2, 0.25) is 0 Å². The number of carbonyl (C=O) groups is 4. The average Bonchev–Trinajstić information content (AvgIpc) is 3.09. The summed E-state index contributed by atoms with van der Waals surface area (Å²) >= 11 is 0. The van der Waals surface area contributed by atoms with Crippen molar-refractivity contribution in [3.63, 3.8) is 0 Å². The van der Waals surface area contributed by atoms with Crippen LogP contribution in [0.4, 0.5) is 19.3 Å². The molecule has 2 N–H and O–H groups in total. The van der Waals surface area contributed by atoms with Crippen LogP contribution in [0.15, 0.2) is 60.7 Å². The third kappa shape index (κ3) is 12.3. The number of rotatable bonds is 5. The Hall–Kier alpha value is -4.64. The lowest BCUT2D eigenvalue weighted by molar-refractivity contribution is -0.121. The van der Waals surface area contributed by atoms with Gasteiger partial charge in [0.1, 0.15) is 28.8 Å². The zero-order valence-corrected chi connectivity index (χ0v) is 30.2. The van der Waals surface area contributed by atoms with Gasteiger partial charge in [-0.05, 0) is 119 Å². The summed E-state index contributed by atoms with van der Waals surface area (Å²) in [5.74, 6) is 0.253. The molecule has 6 rings (SSSR count). The summed E-state index contributed by atoms with van der Waals surface area (Å²) in [5.41, 5.74) is 3.35. The zero-order valence-electron chi connectivity index (χ0n) is 30.2. The van der Waals surface area contributed by atoms with E-state index in [0.29, 0.717) is 55.7 Å². The fourth-order valence-electron chi connectivity index (χ4n) is 6.34. The Bertz CT molecular complexity index is 1690. The second-order valence-corrected chi connectivity index (χ2v) is 14.3. The van der Waals surface area contributed by atoms with Gasteiger partial charge in [-0.1, -0.05) is 25.6 Å². The highest BCUT2D eigenvalue weighted by Gasteiger charge is 2.39. The maximum absolute atomic E-state index is 13.2. The van der Waals surface area contributed by atoms with E-state index in [9.17, 15) is 28.0 Å². The van der Waals surface area contributed by atoms with Crippen LogP contribution in [0.1, 0.15) is 99.1 Å². The second kappa shape index (κ2) is 18.7. The summed E-state index contributed by atoms with van der Waals surface area (Å²) in [6.45, 7) is 10.4. The first-order valence-corrected chi connectivity index (χ1v) is 17.4. The number of fused-ring (bicyclic) bond motifs is 1. The molecule has 9 nitrogen and oxygen atoms in total. The summed E-state index contributed by atoms with van der Waals surface area (Å²) < 4.78 is 36.6. The van der Waals surface area contributed by atoms with Gasteiger partial charge in [0.25, 0.3) is 0 Å². The highest BCUT2D eigenvalue weighted by Crippen LogP contribution is 2.42. The summed E-state index contributed by atoms with van der Waals surface area (Å²) in [6, 6.07) is 16.4. The number of piperidine rings is 2. The summed E-state index contributed by atoms with van der Waals surface area (Å²) in [5, 5.41) is 6.48. The maximum atomic E-state index is 13.2. The van der Waals surface area contributed by atoms with Gasteiger partial charge in [0.15, 0.2) is 11.6 Å². The molecule has 11 heteroatoms. The van der Waals surface area contributed by atoms with Gasteiger partial charge in [0.2, 0.25) is 0 Å². The Labute approximate surface area is 306 Å². The van der Waals surface area contributed by atoms with Crippen molar-refractivity contribution in [1.29, 1.82) is 0 Å². The SMILES string of the molecule is C.CC(C)(C)OC(=O)N1CCC(=O)CC1.COc1ccc(CNc2ccc(F)cc2C(C)=O)cc1.O=C1CC2(CCNCC2)Cc2ccc(F)cc21. The minimum absolute atomic E-state index is 0. The molecule has 282 valence electrons. The van der Waals surface area contributed by atoms with Gasteiger partial charge in [-0.2, -0.15) is 0 Å². The number of amides is 1. The lowest BCUT2D eigenvalue weighted by atomic mass is 9.66. The van der Waals surface area contributed by atoms with E-state index in [1.807, 2.05) is 45.0 Å². The van der Waals surface area contributed by atoms with Crippen LogP contribution in [-0.2, 0) is 22.5 Å². The van der Waals surface area contributed by atoms with Gasteiger partial charge in [0.05, 0.1) is 7.11 Å². The molecule has 3 aromatic rings. The molecule has 0 saturated carbocycles. The van der Waals surface area contributed by atoms with Crippen LogP contribution in [0, 0.1) is 17.0 Å². The van der Waals surface area contributed by atoms with Crippen molar-refractivity contribution in [3.05, 3.63) is 94.6 Å². The van der Waals surface area contributed by atoms with E-state index in [0.717, 1.165) is 49.2 Å². The highest BCUT2D eigenvalue weighted by molar-refractivity contribution is 6.00. The highest BCUT2D eigenvalue weighted by atomic mass is 19.1. The molecular formula is C41H53F2N3O6. The monoisotopic (exact) mass is 721 g/mol. The Morgan fingerprint density at radius 1 is 0.904 bits per heavy atom. The quantitative estimate of drug-likeness (QED) is 0.254. The lowest BCUT2D eigenvalue weighted by Gasteiger charge is -2.40. The van der Waals surface area contributed by atoms with E-state index in [4.69, 9.17) is 9.47 Å². The Morgan fingerprint density at radius 2 is 1.52 bits per heavy atom. The summed E-state index contributed by atoms with van der Waals surface area (Å²) in [7, 11) is 1.62. The third-order valence-electron chi connectivity index (χ3n) is 9.11. The normalized spacial score (nSPS) is 16.2. The molecular weight excluding hydrogens is 668 g/mol. The predicted molar refractivity (Wildman–Crippen MR) is 199 cm³/mol. The fourth-order valence-corrected chi connectivity index (χ4v) is 6.34. The molecule has 0 bridgehead atoms. The maximum Gasteiger partial charge on any atom is 0.410 e. The Kier molecular flexibility index (Phi) is 15.0. The number of anilines is 1. The number of methoxy groups -OCH3 is 1. The fraction of sp³-hybridized carbons (Fsp3) is 0.463. The number of carbonyl (C=O) groups excluding carboxylic acids is 4. The number of hydrogen-bond acceptors (Lipinski definition) is 8. The van der Waals surface area contributed by atoms with E-state index >= 15 is 0 Å². The standard InChI is InChI=1S/C16H16FNO2.C14H16FNO.C10H17NO3.CH4/c1-11(19)15-9-13(17)5-8-16(15)18-10-12-3-6-14(20-2)7-4-12;15-11-2-1-10-8-14(3-5-16-6-4-14)9-13(17)12(10)7-11;1-10(2,3)14-9(13)11-6-4-8(12)5-7-11;/h3-9,18H,10H2,1-2H3;1-2,7,16H,3-6,8-9H2;4-7H2,1-3H3;1H4. The number of benzene rings is 3. The van der Waals surface area contributed by atoms with Crippen LogP contribution in [0.5, 0.6) is 5.75 Å². The average molecular weight is 722 g/mol. The van der Waals surface area contributed by atoms with Crippen LogP contribution >= 0.6 is 0 Å². The number of ether oxygens (including phenoxy) is 2. The molecule has 1 amide bonds. The number of likely N-dealkylation sites (tertiary alicyclic amines) is 1.